The van der Waals surface area contributed by atoms with Crippen molar-refractivity contribution in [3.63, 3.8) is 0 Å². The second-order valence-corrected chi connectivity index (χ2v) is 5.45. The van der Waals surface area contributed by atoms with Crippen LogP contribution in [0.25, 0.3) is 0 Å². The Bertz CT molecular complexity index is 532. The Kier molecular flexibility index (Phi) is 4.78. The number of carbonyl (C=O) groups is 1. The number of rotatable bonds is 5. The second-order valence-electron chi connectivity index (χ2n) is 5.45. The van der Waals surface area contributed by atoms with E-state index in [1.54, 1.807) is 0 Å². The zero-order valence-corrected chi connectivity index (χ0v) is 11.7. The van der Waals surface area contributed by atoms with E-state index in [4.69, 9.17) is 5.73 Å². The first-order valence-corrected chi connectivity index (χ1v) is 6.07. The van der Waals surface area contributed by atoms with Crippen LogP contribution in [0.15, 0.2) is 18.2 Å². The molecule has 0 saturated carbocycles. The van der Waals surface area contributed by atoms with Crippen molar-refractivity contribution in [2.75, 3.05) is 20.1 Å². The van der Waals surface area contributed by atoms with E-state index in [1.807, 2.05) is 13.8 Å². The van der Waals surface area contributed by atoms with Crippen LogP contribution in [0.3, 0.4) is 0 Å². The fourth-order valence-corrected chi connectivity index (χ4v) is 1.82. The molecule has 7 heteroatoms. The molecule has 0 bridgehead atoms. The van der Waals surface area contributed by atoms with E-state index in [0.29, 0.717) is 13.1 Å². The van der Waals surface area contributed by atoms with Gasteiger partial charge in [-0.1, -0.05) is 13.8 Å². The number of amides is 1. The lowest BCUT2D eigenvalue weighted by atomic mass is 9.93. The van der Waals surface area contributed by atoms with Crippen LogP contribution in [-0.4, -0.2) is 35.9 Å². The highest BCUT2D eigenvalue weighted by Crippen LogP contribution is 2.22. The number of nitrogens with zero attached hydrogens (tertiary/aromatic N) is 2. The summed E-state index contributed by atoms with van der Waals surface area (Å²) in [4.78, 5) is 23.7. The predicted octanol–water partition coefficient (Wildman–Crippen LogP) is 1.79. The fourth-order valence-electron chi connectivity index (χ4n) is 1.82. The highest BCUT2D eigenvalue weighted by atomic mass is 19.1. The molecule has 0 saturated heterocycles. The van der Waals surface area contributed by atoms with Gasteiger partial charge in [0.05, 0.1) is 4.92 Å². The van der Waals surface area contributed by atoms with Gasteiger partial charge in [0.25, 0.3) is 11.6 Å². The second kappa shape index (κ2) is 5.96. The summed E-state index contributed by atoms with van der Waals surface area (Å²) in [7, 11) is 1.51. The zero-order valence-electron chi connectivity index (χ0n) is 11.7. The van der Waals surface area contributed by atoms with Crippen molar-refractivity contribution in [2.24, 2.45) is 11.1 Å². The standard InChI is InChI=1S/C13H18FN3O3/c1-13(2,7-15)8-16(3)12(18)10-6-9(14)4-5-11(10)17(19)20/h4-6H,7-8,15H2,1-3H3. The summed E-state index contributed by atoms with van der Waals surface area (Å²) in [5.74, 6) is -1.29. The molecule has 0 aliphatic heterocycles. The number of benzene rings is 1. The Hall–Kier alpha value is -2.02. The van der Waals surface area contributed by atoms with Crippen LogP contribution in [0.1, 0.15) is 24.2 Å². The third-order valence-corrected chi connectivity index (χ3v) is 2.95. The van der Waals surface area contributed by atoms with Crippen LogP contribution in [0, 0.1) is 21.3 Å². The molecule has 1 amide bonds. The van der Waals surface area contributed by atoms with Crippen LogP contribution in [0.4, 0.5) is 10.1 Å². The molecule has 0 aromatic heterocycles. The number of halogens is 1. The molecule has 0 unspecified atom stereocenters. The maximum absolute atomic E-state index is 13.2. The van der Waals surface area contributed by atoms with Crippen LogP contribution in [0.5, 0.6) is 0 Å². The first-order chi connectivity index (χ1) is 9.18. The number of nitrogens with two attached hydrogens (primary N) is 1. The number of hydrogen-bond donors (Lipinski definition) is 1. The van der Waals surface area contributed by atoms with E-state index in [1.165, 1.54) is 11.9 Å². The van der Waals surface area contributed by atoms with Crippen molar-refractivity contribution in [1.29, 1.82) is 0 Å². The number of hydrogen-bond acceptors (Lipinski definition) is 4. The van der Waals surface area contributed by atoms with Crippen molar-refractivity contribution >= 4 is 11.6 Å². The SMILES string of the molecule is CN(CC(C)(C)CN)C(=O)c1cc(F)ccc1[N+](=O)[O-]. The minimum atomic E-state index is -0.700. The molecule has 0 aliphatic rings. The van der Waals surface area contributed by atoms with Crippen LogP contribution in [-0.2, 0) is 0 Å². The molecule has 0 fully saturated rings. The normalized spacial score (nSPS) is 11.2. The summed E-state index contributed by atoms with van der Waals surface area (Å²) in [5.41, 5.74) is 4.60. The quantitative estimate of drug-likeness (QED) is 0.659. The van der Waals surface area contributed by atoms with Gasteiger partial charge in [-0.3, -0.25) is 14.9 Å². The lowest BCUT2D eigenvalue weighted by molar-refractivity contribution is -0.385. The maximum atomic E-state index is 13.2. The average Bonchev–Trinajstić information content (AvgIpc) is 2.36. The molecule has 0 aliphatic carbocycles. The van der Waals surface area contributed by atoms with E-state index in [9.17, 15) is 19.3 Å². The Morgan fingerprint density at radius 2 is 2.10 bits per heavy atom. The van der Waals surface area contributed by atoms with Gasteiger partial charge in [0.15, 0.2) is 0 Å². The maximum Gasteiger partial charge on any atom is 0.282 e. The lowest BCUT2D eigenvalue weighted by Gasteiger charge is -2.29. The molecule has 20 heavy (non-hydrogen) atoms. The minimum absolute atomic E-state index is 0.259. The molecule has 1 aromatic rings. The highest BCUT2D eigenvalue weighted by molar-refractivity contribution is 5.98. The summed E-state index contributed by atoms with van der Waals surface area (Å²) < 4.78 is 13.2. The summed E-state index contributed by atoms with van der Waals surface area (Å²) >= 11 is 0. The van der Waals surface area contributed by atoms with Gasteiger partial charge < -0.3 is 10.6 Å². The van der Waals surface area contributed by atoms with E-state index in [-0.39, 0.29) is 11.0 Å². The van der Waals surface area contributed by atoms with Crippen molar-refractivity contribution in [2.45, 2.75) is 13.8 Å². The molecule has 1 aromatic carbocycles. The van der Waals surface area contributed by atoms with Crippen molar-refractivity contribution in [3.8, 4) is 0 Å². The minimum Gasteiger partial charge on any atom is -0.341 e. The van der Waals surface area contributed by atoms with Crippen molar-refractivity contribution in [1.82, 2.24) is 4.90 Å². The van der Waals surface area contributed by atoms with Crippen LogP contribution < -0.4 is 5.73 Å². The molecule has 0 atom stereocenters. The number of carbonyl (C=O) groups excluding carboxylic acids is 1. The van der Waals surface area contributed by atoms with E-state index >= 15 is 0 Å². The summed E-state index contributed by atoms with van der Waals surface area (Å²) in [5, 5.41) is 10.9. The molecule has 1 rings (SSSR count). The van der Waals surface area contributed by atoms with Gasteiger partial charge in [0.2, 0.25) is 0 Å². The van der Waals surface area contributed by atoms with Gasteiger partial charge in [0, 0.05) is 19.7 Å². The lowest BCUT2D eigenvalue weighted by Crippen LogP contribution is -2.40. The van der Waals surface area contributed by atoms with Gasteiger partial charge in [-0.05, 0) is 24.1 Å². The molecular weight excluding hydrogens is 265 g/mol. The first-order valence-electron chi connectivity index (χ1n) is 6.07. The van der Waals surface area contributed by atoms with Gasteiger partial charge in [0.1, 0.15) is 11.4 Å². The number of nitro groups is 1. The molecule has 0 radical (unpaired) electrons. The van der Waals surface area contributed by atoms with E-state index < -0.39 is 22.3 Å². The first kappa shape index (κ1) is 16.0. The molecule has 6 nitrogen and oxygen atoms in total. The fraction of sp³-hybridized carbons (Fsp3) is 0.462. The summed E-state index contributed by atoms with van der Waals surface area (Å²) in [6.45, 7) is 4.42. The largest absolute Gasteiger partial charge is 0.341 e. The Labute approximate surface area is 116 Å². The smallest absolute Gasteiger partial charge is 0.282 e. The molecule has 0 spiro atoms. The van der Waals surface area contributed by atoms with Crippen molar-refractivity contribution in [3.05, 3.63) is 39.7 Å². The summed E-state index contributed by atoms with van der Waals surface area (Å²) in [6.07, 6.45) is 0. The zero-order chi connectivity index (χ0) is 15.5. The van der Waals surface area contributed by atoms with Crippen molar-refractivity contribution < 1.29 is 14.1 Å². The third kappa shape index (κ3) is 3.74. The van der Waals surface area contributed by atoms with Gasteiger partial charge in [-0.25, -0.2) is 4.39 Å². The predicted molar refractivity (Wildman–Crippen MR) is 72.9 cm³/mol. The van der Waals surface area contributed by atoms with Crippen LogP contribution >= 0.6 is 0 Å². The van der Waals surface area contributed by atoms with Gasteiger partial charge >= 0.3 is 0 Å². The van der Waals surface area contributed by atoms with Gasteiger partial charge in [-0.15, -0.1) is 0 Å². The number of nitro benzene ring substituents is 1. The van der Waals surface area contributed by atoms with Gasteiger partial charge in [-0.2, -0.15) is 0 Å². The molecule has 0 heterocycles. The summed E-state index contributed by atoms with van der Waals surface area (Å²) in [6, 6.07) is 2.83. The Balaban J connectivity index is 3.08. The molecular formula is C13H18FN3O3. The van der Waals surface area contributed by atoms with Crippen LogP contribution in [0.2, 0.25) is 0 Å². The molecule has 2 N–H and O–H groups in total. The van der Waals surface area contributed by atoms with E-state index in [2.05, 4.69) is 0 Å². The topological polar surface area (TPSA) is 89.5 Å². The highest BCUT2D eigenvalue weighted by Gasteiger charge is 2.27. The van der Waals surface area contributed by atoms with E-state index in [0.717, 1.165) is 18.2 Å². The monoisotopic (exact) mass is 283 g/mol. The average molecular weight is 283 g/mol. The Morgan fingerprint density at radius 1 is 1.50 bits per heavy atom. The molecule has 110 valence electrons. The Morgan fingerprint density at radius 3 is 2.60 bits per heavy atom. The third-order valence-electron chi connectivity index (χ3n) is 2.95.